The first-order chi connectivity index (χ1) is 19.2. The van der Waals surface area contributed by atoms with Crippen LogP contribution in [0.25, 0.3) is 0 Å². The van der Waals surface area contributed by atoms with E-state index in [0.717, 1.165) is 0 Å². The van der Waals surface area contributed by atoms with E-state index in [2.05, 4.69) is 38.1 Å². The summed E-state index contributed by atoms with van der Waals surface area (Å²) in [6, 6.07) is -1.35. The molecule has 2 heterocycles. The van der Waals surface area contributed by atoms with Crippen LogP contribution in [0.15, 0.2) is 17.0 Å². The van der Waals surface area contributed by atoms with Crippen molar-refractivity contribution in [2.45, 2.75) is 24.4 Å². The predicted octanol–water partition coefficient (Wildman–Crippen LogP) is -9.47. The molecule has 7 atom stereocenters. The molecule has 0 saturated carbocycles. The molecular formula is C9H14Li2N3O14P3. The SMILES string of the molecule is [2H]OC1([2H])[C@@]([2H])(C([2H])([2H])OP(=O)(O[2H])OP(=O)([O-])OP(=O)([O-])O[2H])O[C@@]([2H])([15n]2c([2H])c([2H])c([15N]([2H])[2H])[15n]c2=O)[C@]1([2H])O[2H].[Li+].[Li+]. The number of hydrogen-bond donors (Lipinski definition) is 5. The van der Waals surface area contributed by atoms with Gasteiger partial charge in [-0.1, -0.05) is 0 Å². The van der Waals surface area contributed by atoms with Crippen LogP contribution in [0.2, 0.25) is 2.82 Å². The number of hydrogen-bond acceptors (Lipinski definition) is 16. The van der Waals surface area contributed by atoms with Crippen LogP contribution >= 0.6 is 23.5 Å². The van der Waals surface area contributed by atoms with Gasteiger partial charge in [0.05, 0.1) is 17.5 Å². The van der Waals surface area contributed by atoms with Gasteiger partial charge >= 0.3 is 51.2 Å². The number of ether oxygens (including phenoxy) is 1. The molecule has 1 aromatic rings. The van der Waals surface area contributed by atoms with Crippen LogP contribution in [0.5, 0.6) is 0 Å². The van der Waals surface area contributed by atoms with Crippen molar-refractivity contribution in [1.29, 1.82) is 5.72 Å². The molecule has 31 heavy (non-hydrogen) atoms. The molecule has 1 aliphatic heterocycles. The first-order valence-electron chi connectivity index (χ1n) is 12.8. The van der Waals surface area contributed by atoms with Crippen LogP contribution in [0.3, 0.4) is 0 Å². The second kappa shape index (κ2) is 11.5. The molecule has 2 rings (SSSR count). The van der Waals surface area contributed by atoms with E-state index >= 15 is 0 Å². The Kier molecular flexibility index (Phi) is 5.41. The molecule has 1 fully saturated rings. The Morgan fingerprint density at radius 2 is 2.06 bits per heavy atom. The molecule has 0 bridgehead atoms. The molecule has 1 aromatic heterocycles. The minimum atomic E-state index is -6.63. The van der Waals surface area contributed by atoms with Gasteiger partial charge in [-0.05, 0) is 6.04 Å². The molecule has 4 unspecified atom stereocenters. The fraction of sp³-hybridized carbons (Fsp3) is 0.556. The summed E-state index contributed by atoms with van der Waals surface area (Å²) in [6.07, 6.45) is -19.0. The van der Waals surface area contributed by atoms with Crippen LogP contribution < -0.4 is 58.9 Å². The summed E-state index contributed by atoms with van der Waals surface area (Å²) in [5.41, 5.74) is -2.46. The summed E-state index contributed by atoms with van der Waals surface area (Å²) < 4.78 is 158. The fourth-order valence-corrected chi connectivity index (χ4v) is 4.11. The van der Waals surface area contributed by atoms with Crippen LogP contribution in [-0.2, 0) is 31.6 Å². The molecule has 22 heteroatoms. The van der Waals surface area contributed by atoms with E-state index in [9.17, 15) is 28.3 Å². The number of rotatable bonds is 13. The van der Waals surface area contributed by atoms with Crippen molar-refractivity contribution in [1.82, 2.24) is 9.55 Å². The molecule has 0 amide bonds. The van der Waals surface area contributed by atoms with Gasteiger partial charge < -0.3 is 40.3 Å². The van der Waals surface area contributed by atoms with Gasteiger partial charge in [0.2, 0.25) is 5.72 Å². The Labute approximate surface area is 217 Å². The molecule has 0 aromatic carbocycles. The van der Waals surface area contributed by atoms with E-state index in [1.54, 1.807) is 0 Å². The first kappa shape index (κ1) is 14.5. The van der Waals surface area contributed by atoms with Gasteiger partial charge in [-0.25, -0.2) is 18.0 Å². The Bertz CT molecular complexity index is 1470. The van der Waals surface area contributed by atoms with Crippen molar-refractivity contribution in [2.75, 3.05) is 12.3 Å². The third-order valence-corrected chi connectivity index (χ3v) is 5.85. The zero-order valence-corrected chi connectivity index (χ0v) is 17.6. The van der Waals surface area contributed by atoms with Gasteiger partial charge in [-0.15, -0.1) is 0 Å². The van der Waals surface area contributed by atoms with E-state index in [4.69, 9.17) is 24.3 Å². The minimum absolute atomic E-state index is 0. The number of anilines is 1. The number of nitrogens with two attached hydrogens (primary N) is 1. The van der Waals surface area contributed by atoms with Crippen molar-refractivity contribution >= 4 is 29.3 Å². The van der Waals surface area contributed by atoms with Crippen molar-refractivity contribution in [3.05, 3.63) is 22.7 Å². The smallest absolute Gasteiger partial charge is 0.756 e. The summed E-state index contributed by atoms with van der Waals surface area (Å²) in [7, 11) is -19.2. The molecule has 0 aliphatic carbocycles. The van der Waals surface area contributed by atoms with Crippen LogP contribution in [0.1, 0.15) is 17.2 Å². The maximum atomic E-state index is 12.7. The molecule has 1 aliphatic rings. The molecule has 17 nitrogen and oxygen atoms in total. The number of aliphatic hydroxyl groups is 2. The maximum Gasteiger partial charge on any atom is 1.00 e. The van der Waals surface area contributed by atoms with Gasteiger partial charge in [-0.3, -0.25) is 18.2 Å². The van der Waals surface area contributed by atoms with Crippen LogP contribution in [-0.4, -0.2) is 60.1 Å². The van der Waals surface area contributed by atoms with Gasteiger partial charge in [0.25, 0.3) is 15.6 Å². The van der Waals surface area contributed by atoms with Crippen LogP contribution in [0.4, 0.5) is 5.82 Å². The zero-order chi connectivity index (χ0) is 33.8. The number of phosphoric ester groups is 1. The van der Waals surface area contributed by atoms with Gasteiger partial charge in [0.1, 0.15) is 24.1 Å². The Balaban J connectivity index is 0.00000968. The number of nitrogen functional groups attached to an aromatic ring is 1. The van der Waals surface area contributed by atoms with E-state index in [1.807, 2.05) is 0 Å². The normalized spacial score (nSPS) is 45.1. The van der Waals surface area contributed by atoms with Gasteiger partial charge in [0.15, 0.2) is 9.03 Å². The number of phosphoric acid groups is 3. The molecule has 1 saturated heterocycles. The number of aromatic nitrogens is 2. The summed E-state index contributed by atoms with van der Waals surface area (Å²) in [6.45, 7) is -4.67. The largest absolute Gasteiger partial charge is 1.00 e. The maximum absolute atomic E-state index is 12.7. The fourth-order valence-electron chi connectivity index (χ4n) is 1.44. The molecule has 0 radical (unpaired) electrons. The summed E-state index contributed by atoms with van der Waals surface area (Å²) in [4.78, 5) is 44.9. The number of nitrogens with zero attached hydrogens (tertiary/aromatic N) is 2. The average molecular weight is 512 g/mol. The third kappa shape index (κ3) is 9.14. The predicted molar refractivity (Wildman–Crippen MR) is 84.2 cm³/mol. The second-order valence-corrected chi connectivity index (χ2v) is 8.56. The van der Waals surface area contributed by atoms with Crippen molar-refractivity contribution in [2.24, 2.45) is 0 Å². The Morgan fingerprint density at radius 1 is 1.35 bits per heavy atom. The first-order valence-corrected chi connectivity index (χ1v) is 10.6. The Morgan fingerprint density at radius 3 is 2.65 bits per heavy atom. The quantitative estimate of drug-likeness (QED) is 0.0932. The third-order valence-electron chi connectivity index (χ3n) is 2.33. The monoisotopic (exact) mass is 512 g/mol. The van der Waals surface area contributed by atoms with E-state index < -0.39 is 88.5 Å². The summed E-state index contributed by atoms with van der Waals surface area (Å²) in [5, 5.41) is 7.80. The second-order valence-electron chi connectivity index (χ2n) is 4.38. The van der Waals surface area contributed by atoms with Crippen LogP contribution in [0, 0.1) is 0 Å². The van der Waals surface area contributed by atoms with Crippen molar-refractivity contribution < 1.29 is 113 Å². The summed E-state index contributed by atoms with van der Waals surface area (Å²) in [5.74, 6) is -1.17. The van der Waals surface area contributed by atoms with Gasteiger partial charge in [-0.2, -0.15) is 4.98 Å². The minimum Gasteiger partial charge on any atom is -0.756 e. The standard InChI is InChI=1S/C9H16N3O14P3.2Li/c10-5-1-2-12(9(15)11-5)8-7(14)6(13)4(24-8)3-23-28(19,20)26-29(21,22)25-27(16,17)18;;/h1-2,4,6-8,13-14H,3H2,(H,19,20)(H,21,22)(H2,10,11,15)(H2,16,17,18);;/q;2*+1/p-2/t4-,6?,7-,8-;;/m1../s1/i1D,2D,3D2,4D,6D,7D,8D,10+1,11+1,12+1,13D,14D;;/hD4. The van der Waals surface area contributed by atoms with E-state index in [-0.39, 0.29) is 37.7 Å². The Hall–Kier alpha value is 0.165. The van der Waals surface area contributed by atoms with Crippen molar-refractivity contribution in [3.8, 4) is 0 Å². The van der Waals surface area contributed by atoms with E-state index in [1.165, 1.54) is 0 Å². The van der Waals surface area contributed by atoms with E-state index in [0.29, 0.717) is 0 Å². The average Bonchev–Trinajstić information content (AvgIpc) is 3.01. The molecule has 166 valence electrons. The summed E-state index contributed by atoms with van der Waals surface area (Å²) >= 11 is 0. The van der Waals surface area contributed by atoms with Gasteiger partial charge in [0, 0.05) is 6.17 Å². The topological polar surface area (TPSA) is 276 Å². The molecular weight excluding hydrogens is 484 g/mol. The molecule has 0 spiro atoms. The van der Waals surface area contributed by atoms with Crippen molar-refractivity contribution in [3.63, 3.8) is 0 Å². The zero-order valence-electron chi connectivity index (χ0n) is 28.9. The molecule has 6 N–H and O–H groups in total.